The Balaban J connectivity index is 2.08. The topological polar surface area (TPSA) is 69.6 Å². The molecule has 2 aromatic heterocycles. The molecule has 5 heteroatoms. The second-order valence-corrected chi connectivity index (χ2v) is 3.95. The zero-order valence-electron chi connectivity index (χ0n) is 9.46. The molecule has 1 unspecified atom stereocenters. The van der Waals surface area contributed by atoms with E-state index in [4.69, 9.17) is 5.73 Å². The van der Waals surface area contributed by atoms with Gasteiger partial charge in [-0.1, -0.05) is 0 Å². The van der Waals surface area contributed by atoms with Crippen molar-refractivity contribution in [1.29, 1.82) is 0 Å². The molecular formula is C11H15N5. The van der Waals surface area contributed by atoms with Gasteiger partial charge in [0.05, 0.1) is 12.2 Å². The zero-order chi connectivity index (χ0) is 11.5. The predicted molar refractivity (Wildman–Crippen MR) is 60.6 cm³/mol. The molecule has 2 aromatic rings. The molecule has 0 aliphatic heterocycles. The van der Waals surface area contributed by atoms with Crippen molar-refractivity contribution in [1.82, 2.24) is 19.7 Å². The molecule has 2 rings (SSSR count). The van der Waals surface area contributed by atoms with E-state index in [1.54, 1.807) is 17.1 Å². The molecule has 0 radical (unpaired) electrons. The lowest BCUT2D eigenvalue weighted by Crippen LogP contribution is -2.16. The summed E-state index contributed by atoms with van der Waals surface area (Å²) in [6, 6.07) is -0.176. The maximum Gasteiger partial charge on any atom is 0.145 e. The molecule has 0 amide bonds. The van der Waals surface area contributed by atoms with Crippen molar-refractivity contribution in [3.05, 3.63) is 41.7 Å². The van der Waals surface area contributed by atoms with E-state index < -0.39 is 0 Å². The summed E-state index contributed by atoms with van der Waals surface area (Å²) in [5.41, 5.74) is 8.16. The van der Waals surface area contributed by atoms with Crippen molar-refractivity contribution in [2.24, 2.45) is 12.8 Å². The molecule has 0 aliphatic carbocycles. The molecular weight excluding hydrogens is 202 g/mol. The Morgan fingerprint density at radius 3 is 2.56 bits per heavy atom. The maximum absolute atomic E-state index is 6.02. The second kappa shape index (κ2) is 4.40. The molecule has 2 N–H and O–H groups in total. The maximum atomic E-state index is 6.02. The quantitative estimate of drug-likeness (QED) is 0.824. The number of aryl methyl sites for hydroxylation is 2. The van der Waals surface area contributed by atoms with Gasteiger partial charge in [0.15, 0.2) is 0 Å². The summed E-state index contributed by atoms with van der Waals surface area (Å²) >= 11 is 0. The van der Waals surface area contributed by atoms with Crippen LogP contribution in [0.25, 0.3) is 0 Å². The molecule has 0 aliphatic rings. The monoisotopic (exact) mass is 217 g/mol. The highest BCUT2D eigenvalue weighted by Gasteiger charge is 2.10. The van der Waals surface area contributed by atoms with E-state index in [2.05, 4.69) is 15.1 Å². The number of nitrogens with zero attached hydrogens (tertiary/aromatic N) is 4. The molecule has 0 aromatic carbocycles. The van der Waals surface area contributed by atoms with Gasteiger partial charge >= 0.3 is 0 Å². The molecule has 5 nitrogen and oxygen atoms in total. The van der Waals surface area contributed by atoms with Gasteiger partial charge in [-0.15, -0.1) is 0 Å². The molecule has 84 valence electrons. The summed E-state index contributed by atoms with van der Waals surface area (Å²) < 4.78 is 1.76. The van der Waals surface area contributed by atoms with Crippen LogP contribution in [0.5, 0.6) is 0 Å². The third kappa shape index (κ3) is 2.43. The van der Waals surface area contributed by atoms with E-state index in [0.29, 0.717) is 12.2 Å². The van der Waals surface area contributed by atoms with E-state index >= 15 is 0 Å². The molecule has 2 heterocycles. The van der Waals surface area contributed by atoms with Crippen LogP contribution >= 0.6 is 0 Å². The molecule has 1 atom stereocenters. The number of aromatic nitrogens is 4. The Kier molecular flexibility index (Phi) is 2.96. The molecule has 16 heavy (non-hydrogen) atoms. The minimum Gasteiger partial charge on any atom is -0.321 e. The number of rotatable bonds is 3. The average Bonchev–Trinajstić information content (AvgIpc) is 2.65. The van der Waals surface area contributed by atoms with Crippen molar-refractivity contribution in [3.63, 3.8) is 0 Å². The summed E-state index contributed by atoms with van der Waals surface area (Å²) in [7, 11) is 1.89. The van der Waals surface area contributed by atoms with E-state index in [-0.39, 0.29) is 6.04 Å². The van der Waals surface area contributed by atoms with Gasteiger partial charge in [-0.25, -0.2) is 9.97 Å². The van der Waals surface area contributed by atoms with Crippen LogP contribution in [0.4, 0.5) is 0 Å². The van der Waals surface area contributed by atoms with Gasteiger partial charge in [0.25, 0.3) is 0 Å². The van der Waals surface area contributed by atoms with Crippen LogP contribution in [0.2, 0.25) is 0 Å². The summed E-state index contributed by atoms with van der Waals surface area (Å²) in [5.74, 6) is 0.675. The zero-order valence-corrected chi connectivity index (χ0v) is 9.46. The fourth-order valence-electron chi connectivity index (χ4n) is 1.52. The van der Waals surface area contributed by atoms with Crippen molar-refractivity contribution >= 4 is 0 Å². The second-order valence-electron chi connectivity index (χ2n) is 3.95. The predicted octanol–water partition coefficient (Wildman–Crippen LogP) is 0.761. The lowest BCUT2D eigenvalue weighted by Gasteiger charge is -2.08. The van der Waals surface area contributed by atoms with Crippen molar-refractivity contribution in [2.75, 3.05) is 0 Å². The summed E-state index contributed by atoms with van der Waals surface area (Å²) in [5, 5.41) is 4.10. The van der Waals surface area contributed by atoms with Crippen molar-refractivity contribution in [3.8, 4) is 0 Å². The Bertz CT molecular complexity index is 459. The van der Waals surface area contributed by atoms with Gasteiger partial charge in [0, 0.05) is 25.6 Å². The van der Waals surface area contributed by atoms with Crippen LogP contribution in [0, 0.1) is 6.92 Å². The summed E-state index contributed by atoms with van der Waals surface area (Å²) in [4.78, 5) is 8.44. The van der Waals surface area contributed by atoms with Crippen LogP contribution in [-0.4, -0.2) is 19.7 Å². The first-order valence-corrected chi connectivity index (χ1v) is 5.17. The summed E-state index contributed by atoms with van der Waals surface area (Å²) in [6.45, 7) is 1.95. The third-order valence-corrected chi connectivity index (χ3v) is 2.35. The lowest BCUT2D eigenvalue weighted by molar-refractivity contribution is 0.664. The van der Waals surface area contributed by atoms with Crippen molar-refractivity contribution in [2.45, 2.75) is 19.4 Å². The van der Waals surface area contributed by atoms with Gasteiger partial charge < -0.3 is 5.73 Å². The Hall–Kier alpha value is -1.75. The van der Waals surface area contributed by atoms with Crippen LogP contribution in [0.3, 0.4) is 0 Å². The van der Waals surface area contributed by atoms with Gasteiger partial charge in [-0.05, 0) is 24.5 Å². The van der Waals surface area contributed by atoms with E-state index in [9.17, 15) is 0 Å². The molecule has 0 bridgehead atoms. The first-order chi connectivity index (χ1) is 7.65. The van der Waals surface area contributed by atoms with E-state index in [1.165, 1.54) is 0 Å². The fourth-order valence-corrected chi connectivity index (χ4v) is 1.52. The standard InChI is InChI=1S/C11H15N5/c1-8-4-13-11(14-5-8)10(12)3-9-6-15-16(2)7-9/h4-7,10H,3,12H2,1-2H3. The van der Waals surface area contributed by atoms with Crippen LogP contribution in [-0.2, 0) is 13.5 Å². The molecule has 0 spiro atoms. The normalized spacial score (nSPS) is 12.7. The number of hydrogen-bond donors (Lipinski definition) is 1. The van der Waals surface area contributed by atoms with Gasteiger partial charge in [0.2, 0.25) is 0 Å². The first kappa shape index (κ1) is 10.8. The SMILES string of the molecule is Cc1cnc(C(N)Cc2cnn(C)c2)nc1. The van der Waals surface area contributed by atoms with Gasteiger partial charge in [-0.2, -0.15) is 5.10 Å². The smallest absolute Gasteiger partial charge is 0.145 e. The lowest BCUT2D eigenvalue weighted by atomic mass is 10.1. The Morgan fingerprint density at radius 2 is 2.00 bits per heavy atom. The third-order valence-electron chi connectivity index (χ3n) is 2.35. The first-order valence-electron chi connectivity index (χ1n) is 5.17. The average molecular weight is 217 g/mol. The summed E-state index contributed by atoms with van der Waals surface area (Å²) in [6.07, 6.45) is 8.04. The van der Waals surface area contributed by atoms with Gasteiger partial charge in [0.1, 0.15) is 5.82 Å². The van der Waals surface area contributed by atoms with E-state index in [1.807, 2.05) is 26.4 Å². The van der Waals surface area contributed by atoms with E-state index in [0.717, 1.165) is 11.1 Å². The largest absolute Gasteiger partial charge is 0.321 e. The van der Waals surface area contributed by atoms with Gasteiger partial charge in [-0.3, -0.25) is 4.68 Å². The number of hydrogen-bond acceptors (Lipinski definition) is 4. The molecule has 0 saturated heterocycles. The minimum absolute atomic E-state index is 0.176. The highest BCUT2D eigenvalue weighted by Crippen LogP contribution is 2.11. The van der Waals surface area contributed by atoms with Crippen LogP contribution < -0.4 is 5.73 Å². The van der Waals surface area contributed by atoms with Crippen LogP contribution in [0.15, 0.2) is 24.8 Å². The fraction of sp³-hybridized carbons (Fsp3) is 0.364. The van der Waals surface area contributed by atoms with Crippen molar-refractivity contribution < 1.29 is 0 Å². The van der Waals surface area contributed by atoms with Crippen LogP contribution in [0.1, 0.15) is 23.0 Å². The molecule has 0 fully saturated rings. The Morgan fingerprint density at radius 1 is 1.31 bits per heavy atom. The number of nitrogens with two attached hydrogens (primary N) is 1. The Labute approximate surface area is 94.3 Å². The molecule has 0 saturated carbocycles. The minimum atomic E-state index is -0.176. The highest BCUT2D eigenvalue weighted by atomic mass is 15.2. The highest BCUT2D eigenvalue weighted by molar-refractivity contribution is 5.10.